The lowest BCUT2D eigenvalue weighted by Gasteiger charge is -2.11. The molecule has 0 aliphatic heterocycles. The SMILES string of the molecule is Cc1ccc(C)c(CSc2nnc(-c3ccncc3)n2-c2ccc(Br)cc2)c1. The van der Waals surface area contributed by atoms with Crippen molar-refractivity contribution in [2.75, 3.05) is 0 Å². The van der Waals surface area contributed by atoms with E-state index in [1.54, 1.807) is 24.2 Å². The molecule has 2 aromatic heterocycles. The van der Waals surface area contributed by atoms with E-state index >= 15 is 0 Å². The first-order chi connectivity index (χ1) is 13.6. The van der Waals surface area contributed by atoms with Crippen molar-refractivity contribution in [3.63, 3.8) is 0 Å². The van der Waals surface area contributed by atoms with Crippen LogP contribution in [-0.2, 0) is 5.75 Å². The van der Waals surface area contributed by atoms with Crippen molar-refractivity contribution in [2.24, 2.45) is 0 Å². The Hall–Kier alpha value is -2.44. The van der Waals surface area contributed by atoms with E-state index in [4.69, 9.17) is 0 Å². The number of aryl methyl sites for hydroxylation is 2. The Morgan fingerprint density at radius 1 is 0.929 bits per heavy atom. The summed E-state index contributed by atoms with van der Waals surface area (Å²) >= 11 is 5.21. The molecule has 0 atom stereocenters. The van der Waals surface area contributed by atoms with Gasteiger partial charge in [0, 0.05) is 33.9 Å². The Kier molecular flexibility index (Phi) is 5.59. The minimum atomic E-state index is 0.813. The molecule has 0 aliphatic rings. The van der Waals surface area contributed by atoms with Gasteiger partial charge in [-0.3, -0.25) is 9.55 Å². The van der Waals surface area contributed by atoms with Gasteiger partial charge >= 0.3 is 0 Å². The Labute approximate surface area is 177 Å². The first-order valence-electron chi connectivity index (χ1n) is 8.92. The minimum absolute atomic E-state index is 0.813. The van der Waals surface area contributed by atoms with Crippen LogP contribution >= 0.6 is 27.7 Å². The Bertz CT molecular complexity index is 1090. The van der Waals surface area contributed by atoms with E-state index in [9.17, 15) is 0 Å². The van der Waals surface area contributed by atoms with E-state index in [1.165, 1.54) is 16.7 Å². The quantitative estimate of drug-likeness (QED) is 0.349. The van der Waals surface area contributed by atoms with Gasteiger partial charge in [0.2, 0.25) is 0 Å². The zero-order chi connectivity index (χ0) is 19.5. The number of hydrogen-bond donors (Lipinski definition) is 0. The van der Waals surface area contributed by atoms with Crippen molar-refractivity contribution in [3.05, 3.63) is 88.2 Å². The third-order valence-electron chi connectivity index (χ3n) is 4.52. The summed E-state index contributed by atoms with van der Waals surface area (Å²) < 4.78 is 3.15. The zero-order valence-corrected chi connectivity index (χ0v) is 18.0. The second kappa shape index (κ2) is 8.29. The summed E-state index contributed by atoms with van der Waals surface area (Å²) in [4.78, 5) is 4.12. The number of aromatic nitrogens is 4. The lowest BCUT2D eigenvalue weighted by molar-refractivity contribution is 0.885. The Morgan fingerprint density at radius 3 is 2.43 bits per heavy atom. The van der Waals surface area contributed by atoms with Crippen molar-refractivity contribution in [1.29, 1.82) is 0 Å². The molecule has 6 heteroatoms. The van der Waals surface area contributed by atoms with Crippen LogP contribution in [0.4, 0.5) is 0 Å². The molecule has 0 saturated carbocycles. The van der Waals surface area contributed by atoms with E-state index in [0.29, 0.717) is 0 Å². The number of hydrogen-bond acceptors (Lipinski definition) is 4. The normalized spacial score (nSPS) is 11.0. The summed E-state index contributed by atoms with van der Waals surface area (Å²) in [5.41, 5.74) is 5.91. The van der Waals surface area contributed by atoms with Gasteiger partial charge in [-0.15, -0.1) is 10.2 Å². The summed E-state index contributed by atoms with van der Waals surface area (Å²) in [7, 11) is 0. The molecule has 0 bridgehead atoms. The smallest absolute Gasteiger partial charge is 0.196 e. The van der Waals surface area contributed by atoms with Crippen LogP contribution in [0.5, 0.6) is 0 Å². The molecule has 4 rings (SSSR count). The van der Waals surface area contributed by atoms with Crippen molar-refractivity contribution >= 4 is 27.7 Å². The highest BCUT2D eigenvalue weighted by Crippen LogP contribution is 2.30. The summed E-state index contributed by atoms with van der Waals surface area (Å²) in [6, 6.07) is 18.7. The predicted octanol–water partition coefficient (Wildman–Crippen LogP) is 6.00. The van der Waals surface area contributed by atoms with E-state index in [2.05, 4.69) is 79.9 Å². The fourth-order valence-electron chi connectivity index (χ4n) is 2.97. The number of pyridine rings is 1. The van der Waals surface area contributed by atoms with Crippen LogP contribution in [0.2, 0.25) is 0 Å². The standard InChI is InChI=1S/C22H19BrN4S/c1-15-3-4-16(2)18(13-15)14-28-22-26-25-21(17-9-11-24-12-10-17)27(22)20-7-5-19(23)6-8-20/h3-13H,14H2,1-2H3. The van der Waals surface area contributed by atoms with Gasteiger partial charge in [-0.25, -0.2) is 0 Å². The molecule has 0 N–H and O–H groups in total. The predicted molar refractivity (Wildman–Crippen MR) is 118 cm³/mol. The average Bonchev–Trinajstić information content (AvgIpc) is 3.14. The topological polar surface area (TPSA) is 43.6 Å². The largest absolute Gasteiger partial charge is 0.270 e. The molecule has 0 radical (unpaired) electrons. The van der Waals surface area contributed by atoms with E-state index in [-0.39, 0.29) is 0 Å². The van der Waals surface area contributed by atoms with Gasteiger partial charge in [0.25, 0.3) is 0 Å². The van der Waals surface area contributed by atoms with E-state index in [0.717, 1.165) is 32.5 Å². The Balaban J connectivity index is 1.74. The molecule has 0 amide bonds. The molecule has 0 aliphatic carbocycles. The third-order valence-corrected chi connectivity index (χ3v) is 6.02. The molecular formula is C22H19BrN4S. The van der Waals surface area contributed by atoms with Crippen LogP contribution in [0.15, 0.2) is 76.6 Å². The maximum absolute atomic E-state index is 4.50. The lowest BCUT2D eigenvalue weighted by Crippen LogP contribution is -2.00. The molecule has 28 heavy (non-hydrogen) atoms. The molecule has 140 valence electrons. The molecule has 2 heterocycles. The first kappa shape index (κ1) is 18.9. The molecular weight excluding hydrogens is 432 g/mol. The van der Waals surface area contributed by atoms with Gasteiger partial charge in [-0.2, -0.15) is 0 Å². The van der Waals surface area contributed by atoms with Crippen molar-refractivity contribution < 1.29 is 0 Å². The van der Waals surface area contributed by atoms with Gasteiger partial charge in [0.05, 0.1) is 0 Å². The maximum Gasteiger partial charge on any atom is 0.196 e. The summed E-state index contributed by atoms with van der Waals surface area (Å²) in [5.74, 6) is 1.66. The van der Waals surface area contributed by atoms with Gasteiger partial charge < -0.3 is 0 Å². The monoisotopic (exact) mass is 450 g/mol. The van der Waals surface area contributed by atoms with Crippen LogP contribution in [0, 0.1) is 13.8 Å². The van der Waals surface area contributed by atoms with Gasteiger partial charge in [-0.05, 0) is 61.4 Å². The van der Waals surface area contributed by atoms with E-state index < -0.39 is 0 Å². The summed E-state index contributed by atoms with van der Waals surface area (Å²) in [6.45, 7) is 4.27. The van der Waals surface area contributed by atoms with Crippen LogP contribution in [0.25, 0.3) is 17.1 Å². The van der Waals surface area contributed by atoms with E-state index in [1.807, 2.05) is 24.3 Å². The number of thioether (sulfide) groups is 1. The lowest BCUT2D eigenvalue weighted by atomic mass is 10.1. The average molecular weight is 451 g/mol. The number of benzene rings is 2. The molecule has 0 spiro atoms. The number of rotatable bonds is 5. The zero-order valence-electron chi connectivity index (χ0n) is 15.6. The number of halogens is 1. The van der Waals surface area contributed by atoms with Crippen LogP contribution in [0.1, 0.15) is 16.7 Å². The van der Waals surface area contributed by atoms with Crippen LogP contribution in [0.3, 0.4) is 0 Å². The Morgan fingerprint density at radius 2 is 1.68 bits per heavy atom. The van der Waals surface area contributed by atoms with Crippen molar-refractivity contribution in [1.82, 2.24) is 19.7 Å². The molecule has 4 aromatic rings. The molecule has 4 nitrogen and oxygen atoms in total. The summed E-state index contributed by atoms with van der Waals surface area (Å²) in [6.07, 6.45) is 3.55. The summed E-state index contributed by atoms with van der Waals surface area (Å²) in [5, 5.41) is 9.86. The molecule has 0 fully saturated rings. The second-order valence-corrected chi connectivity index (χ2v) is 8.43. The highest BCUT2D eigenvalue weighted by atomic mass is 79.9. The first-order valence-corrected chi connectivity index (χ1v) is 10.7. The number of nitrogens with zero attached hydrogens (tertiary/aromatic N) is 4. The third kappa shape index (κ3) is 4.03. The molecule has 0 unspecified atom stereocenters. The van der Waals surface area contributed by atoms with Crippen molar-refractivity contribution in [2.45, 2.75) is 24.8 Å². The molecule has 0 saturated heterocycles. The van der Waals surface area contributed by atoms with Crippen LogP contribution < -0.4 is 0 Å². The van der Waals surface area contributed by atoms with Crippen LogP contribution in [-0.4, -0.2) is 19.7 Å². The molecule has 2 aromatic carbocycles. The maximum atomic E-state index is 4.50. The fourth-order valence-corrected chi connectivity index (χ4v) is 4.25. The minimum Gasteiger partial charge on any atom is -0.270 e. The van der Waals surface area contributed by atoms with Gasteiger partial charge in [0.15, 0.2) is 11.0 Å². The highest BCUT2D eigenvalue weighted by molar-refractivity contribution is 9.10. The van der Waals surface area contributed by atoms with Gasteiger partial charge in [-0.1, -0.05) is 51.5 Å². The second-order valence-electron chi connectivity index (χ2n) is 6.57. The highest BCUT2D eigenvalue weighted by Gasteiger charge is 2.16. The fraction of sp³-hybridized carbons (Fsp3) is 0.136. The van der Waals surface area contributed by atoms with Gasteiger partial charge in [0.1, 0.15) is 0 Å². The van der Waals surface area contributed by atoms with Crippen molar-refractivity contribution in [3.8, 4) is 17.1 Å².